The zero-order chi connectivity index (χ0) is 17.0. The minimum atomic E-state index is -0.291. The Balaban J connectivity index is 2.24. The second kappa shape index (κ2) is 7.66. The molecule has 124 valence electrons. The van der Waals surface area contributed by atoms with Gasteiger partial charge in [-0.3, -0.25) is 10.1 Å². The van der Waals surface area contributed by atoms with Crippen LogP contribution >= 0.6 is 22.9 Å². The van der Waals surface area contributed by atoms with Crippen molar-refractivity contribution in [3.8, 4) is 11.5 Å². The number of benzene rings is 1. The molecule has 2 aromatic rings. The number of ether oxygens (including phenoxy) is 2. The molecule has 0 radical (unpaired) electrons. The summed E-state index contributed by atoms with van der Waals surface area (Å²) in [5.74, 6) is 0.595. The number of aromatic nitrogens is 1. The summed E-state index contributed by atoms with van der Waals surface area (Å²) >= 11 is 7.66. The largest absolute Gasteiger partial charge is 0.493 e. The monoisotopic (exact) mass is 354 g/mol. The smallest absolute Gasteiger partial charge is 0.257 e. The molecule has 1 aromatic carbocycles. The number of amides is 1. The Hall–Kier alpha value is -1.79. The van der Waals surface area contributed by atoms with E-state index < -0.39 is 0 Å². The van der Waals surface area contributed by atoms with Gasteiger partial charge in [0.15, 0.2) is 16.6 Å². The Bertz CT molecular complexity index is 696. The van der Waals surface area contributed by atoms with E-state index in [1.54, 1.807) is 12.1 Å². The zero-order valence-electron chi connectivity index (χ0n) is 13.5. The van der Waals surface area contributed by atoms with Crippen LogP contribution in [-0.2, 0) is 0 Å². The van der Waals surface area contributed by atoms with Crippen molar-refractivity contribution in [2.24, 2.45) is 0 Å². The number of rotatable bonds is 6. The molecule has 0 saturated carbocycles. The maximum atomic E-state index is 12.4. The lowest BCUT2D eigenvalue weighted by molar-refractivity contribution is 0.102. The van der Waals surface area contributed by atoms with E-state index in [0.717, 1.165) is 17.0 Å². The van der Waals surface area contributed by atoms with Crippen LogP contribution in [-0.4, -0.2) is 24.6 Å². The van der Waals surface area contributed by atoms with Crippen LogP contribution in [0.2, 0.25) is 5.02 Å². The van der Waals surface area contributed by atoms with Gasteiger partial charge >= 0.3 is 0 Å². The molecule has 23 heavy (non-hydrogen) atoms. The van der Waals surface area contributed by atoms with Crippen LogP contribution in [0.1, 0.15) is 34.3 Å². The topological polar surface area (TPSA) is 60.5 Å². The number of methoxy groups -OCH3 is 1. The number of thiazole rings is 1. The molecule has 0 aliphatic rings. The fraction of sp³-hybridized carbons (Fsp3) is 0.375. The Morgan fingerprint density at radius 2 is 2.13 bits per heavy atom. The van der Waals surface area contributed by atoms with Gasteiger partial charge in [-0.1, -0.05) is 18.5 Å². The third kappa shape index (κ3) is 4.14. The Kier molecular flexibility index (Phi) is 5.85. The molecule has 0 spiro atoms. The number of carbonyl (C=O) groups is 1. The summed E-state index contributed by atoms with van der Waals surface area (Å²) in [5, 5.41) is 3.68. The number of carbonyl (C=O) groups excluding carboxylic acids is 1. The third-order valence-electron chi connectivity index (χ3n) is 3.19. The van der Waals surface area contributed by atoms with Crippen LogP contribution in [0.25, 0.3) is 0 Å². The number of hydrogen-bond acceptors (Lipinski definition) is 5. The quantitative estimate of drug-likeness (QED) is 0.831. The van der Waals surface area contributed by atoms with Crippen LogP contribution in [0.5, 0.6) is 11.5 Å². The van der Waals surface area contributed by atoms with Gasteiger partial charge in [0.1, 0.15) is 0 Å². The summed E-state index contributed by atoms with van der Waals surface area (Å²) < 4.78 is 10.9. The van der Waals surface area contributed by atoms with Gasteiger partial charge in [0, 0.05) is 10.4 Å². The van der Waals surface area contributed by atoms with E-state index in [1.165, 1.54) is 18.4 Å². The van der Waals surface area contributed by atoms with E-state index in [0.29, 0.717) is 33.8 Å². The lowest BCUT2D eigenvalue weighted by Crippen LogP contribution is -2.12. The van der Waals surface area contributed by atoms with Crippen LogP contribution in [0.3, 0.4) is 0 Å². The molecule has 0 aliphatic carbocycles. The van der Waals surface area contributed by atoms with Crippen molar-refractivity contribution in [2.75, 3.05) is 19.0 Å². The van der Waals surface area contributed by atoms with Crippen LogP contribution < -0.4 is 14.8 Å². The van der Waals surface area contributed by atoms with E-state index in [2.05, 4.69) is 10.3 Å². The molecule has 2 rings (SSSR count). The lowest BCUT2D eigenvalue weighted by atomic mass is 10.2. The average Bonchev–Trinajstić information content (AvgIpc) is 2.83. The Morgan fingerprint density at radius 1 is 1.39 bits per heavy atom. The fourth-order valence-corrected chi connectivity index (χ4v) is 2.97. The van der Waals surface area contributed by atoms with Gasteiger partial charge in [-0.2, -0.15) is 0 Å². The molecule has 0 saturated heterocycles. The molecule has 1 heterocycles. The summed E-state index contributed by atoms with van der Waals surface area (Å²) in [4.78, 5) is 17.7. The molecule has 1 amide bonds. The van der Waals surface area contributed by atoms with Gasteiger partial charge in [0.05, 0.1) is 24.4 Å². The minimum Gasteiger partial charge on any atom is -0.493 e. The van der Waals surface area contributed by atoms with Gasteiger partial charge in [0.25, 0.3) is 5.91 Å². The van der Waals surface area contributed by atoms with Gasteiger partial charge in [0.2, 0.25) is 0 Å². The van der Waals surface area contributed by atoms with Crippen LogP contribution in [0, 0.1) is 13.8 Å². The van der Waals surface area contributed by atoms with E-state index in [-0.39, 0.29) is 5.91 Å². The van der Waals surface area contributed by atoms with Gasteiger partial charge in [-0.25, -0.2) is 4.98 Å². The maximum absolute atomic E-state index is 12.4. The second-order valence-electron chi connectivity index (χ2n) is 4.95. The summed E-state index contributed by atoms with van der Waals surface area (Å²) in [6.45, 7) is 6.39. The van der Waals surface area contributed by atoms with Crippen LogP contribution in [0.4, 0.5) is 5.13 Å². The lowest BCUT2D eigenvalue weighted by Gasteiger charge is -2.13. The number of hydrogen-bond donors (Lipinski definition) is 1. The molecule has 1 N–H and O–H groups in total. The molecule has 0 unspecified atom stereocenters. The van der Waals surface area contributed by atoms with Crippen molar-refractivity contribution in [3.05, 3.63) is 33.3 Å². The van der Waals surface area contributed by atoms with Crippen molar-refractivity contribution in [3.63, 3.8) is 0 Å². The van der Waals surface area contributed by atoms with Gasteiger partial charge in [-0.15, -0.1) is 11.3 Å². The summed E-state index contributed by atoms with van der Waals surface area (Å²) in [7, 11) is 1.51. The maximum Gasteiger partial charge on any atom is 0.257 e. The van der Waals surface area contributed by atoms with Crippen molar-refractivity contribution in [1.82, 2.24) is 4.98 Å². The van der Waals surface area contributed by atoms with E-state index in [4.69, 9.17) is 21.1 Å². The fourth-order valence-electron chi connectivity index (χ4n) is 1.89. The highest BCUT2D eigenvalue weighted by Crippen LogP contribution is 2.36. The first kappa shape index (κ1) is 17.6. The third-order valence-corrected chi connectivity index (χ3v) is 4.46. The zero-order valence-corrected chi connectivity index (χ0v) is 15.1. The molecule has 5 nitrogen and oxygen atoms in total. The summed E-state index contributed by atoms with van der Waals surface area (Å²) in [6.07, 6.45) is 0.852. The standard InChI is InChI=1S/C16H19ClN2O3S/c1-5-6-22-14-12(17)7-11(8-13(14)21-4)15(20)19-16-18-9(2)10(3)23-16/h7-8H,5-6H2,1-4H3,(H,18,19,20). The Labute approximate surface area is 144 Å². The molecule has 0 aliphatic heterocycles. The van der Waals surface area contributed by atoms with Crippen LogP contribution in [0.15, 0.2) is 12.1 Å². The van der Waals surface area contributed by atoms with Gasteiger partial charge < -0.3 is 9.47 Å². The SMILES string of the molecule is CCCOc1c(Cl)cc(C(=O)Nc2nc(C)c(C)s2)cc1OC. The predicted molar refractivity (Wildman–Crippen MR) is 93.3 cm³/mol. The molecular weight excluding hydrogens is 336 g/mol. The normalized spacial score (nSPS) is 10.5. The molecular formula is C16H19ClN2O3S. The first-order valence-electron chi connectivity index (χ1n) is 7.22. The number of nitrogens with zero attached hydrogens (tertiary/aromatic N) is 1. The van der Waals surface area contributed by atoms with Gasteiger partial charge in [-0.05, 0) is 32.4 Å². The van der Waals surface area contributed by atoms with Crippen molar-refractivity contribution >= 4 is 34.0 Å². The number of halogens is 1. The van der Waals surface area contributed by atoms with E-state index >= 15 is 0 Å². The first-order valence-corrected chi connectivity index (χ1v) is 8.41. The average molecular weight is 355 g/mol. The summed E-state index contributed by atoms with van der Waals surface area (Å²) in [6, 6.07) is 3.18. The molecule has 0 fully saturated rings. The summed E-state index contributed by atoms with van der Waals surface area (Å²) in [5.41, 5.74) is 1.30. The molecule has 1 aromatic heterocycles. The first-order chi connectivity index (χ1) is 11.0. The highest BCUT2D eigenvalue weighted by Gasteiger charge is 2.17. The molecule has 0 atom stereocenters. The highest BCUT2D eigenvalue weighted by atomic mass is 35.5. The molecule has 0 bridgehead atoms. The van der Waals surface area contributed by atoms with E-state index in [9.17, 15) is 4.79 Å². The highest BCUT2D eigenvalue weighted by molar-refractivity contribution is 7.15. The Morgan fingerprint density at radius 3 is 2.70 bits per heavy atom. The van der Waals surface area contributed by atoms with Crippen molar-refractivity contribution in [1.29, 1.82) is 0 Å². The molecule has 7 heteroatoms. The predicted octanol–water partition coefficient (Wildman–Crippen LogP) is 4.46. The van der Waals surface area contributed by atoms with Crippen molar-refractivity contribution < 1.29 is 14.3 Å². The number of anilines is 1. The second-order valence-corrected chi connectivity index (χ2v) is 6.56. The van der Waals surface area contributed by atoms with Crippen molar-refractivity contribution in [2.45, 2.75) is 27.2 Å². The van der Waals surface area contributed by atoms with E-state index in [1.807, 2.05) is 20.8 Å². The number of nitrogens with one attached hydrogen (secondary N) is 1. The number of aryl methyl sites for hydroxylation is 2. The minimum absolute atomic E-state index is 0.291.